The van der Waals surface area contributed by atoms with Gasteiger partial charge in [-0.2, -0.15) is 0 Å². The summed E-state index contributed by atoms with van der Waals surface area (Å²) in [5.74, 6) is 0. The highest BCUT2D eigenvalue weighted by atomic mass is 33.5. The molecule has 1 heterocycles. The van der Waals surface area contributed by atoms with E-state index in [-0.39, 0.29) is 11.3 Å². The van der Waals surface area contributed by atoms with E-state index in [0.29, 0.717) is 19.5 Å². The average molecular weight is 211 g/mol. The van der Waals surface area contributed by atoms with E-state index in [4.69, 9.17) is 5.11 Å². The van der Waals surface area contributed by atoms with Crippen molar-refractivity contribution < 1.29 is 9.90 Å². The number of hydrogen-bond acceptors (Lipinski definition) is 5. The maximum atomic E-state index is 11.1. The van der Waals surface area contributed by atoms with Crippen LogP contribution in [0.4, 0.5) is 4.79 Å². The molecule has 1 saturated heterocycles. The van der Waals surface area contributed by atoms with Gasteiger partial charge in [-0.15, -0.1) is 0 Å². The van der Waals surface area contributed by atoms with Crippen LogP contribution in [0.25, 0.3) is 0 Å². The van der Waals surface area contributed by atoms with Gasteiger partial charge in [0.1, 0.15) is 0 Å². The normalized spacial score (nSPS) is 24.2. The lowest BCUT2D eigenvalue weighted by molar-refractivity contribution is 0.180. The molecule has 1 unspecified atom stereocenters. The molecular weight excluding hydrogens is 202 g/mol. The lowest BCUT2D eigenvalue weighted by Crippen LogP contribution is -2.25. The smallest absolute Gasteiger partial charge is 0.293 e. The largest absolute Gasteiger partial charge is 0.391 e. The fourth-order valence-corrected chi connectivity index (χ4v) is 2.41. The van der Waals surface area contributed by atoms with E-state index in [0.717, 1.165) is 20.6 Å². The summed E-state index contributed by atoms with van der Waals surface area (Å²) in [6, 6.07) is 0. The van der Waals surface area contributed by atoms with Crippen molar-refractivity contribution in [3.05, 3.63) is 0 Å². The van der Waals surface area contributed by atoms with E-state index in [2.05, 4.69) is 11.7 Å². The third kappa shape index (κ3) is 2.77. The molecule has 0 aliphatic carbocycles. The standard InChI is InChI=1S/C5H9NO2S3/c7-4-1-2-6(3-4)5(8)10-11-9/h4,7,9H,1-3H2. The van der Waals surface area contributed by atoms with Crippen LogP contribution in [0, 0.1) is 0 Å². The van der Waals surface area contributed by atoms with Gasteiger partial charge in [0.2, 0.25) is 0 Å². The second-order valence-electron chi connectivity index (χ2n) is 2.31. The molecule has 1 rings (SSSR count). The first-order valence-corrected chi connectivity index (χ1v) is 6.39. The van der Waals surface area contributed by atoms with E-state index < -0.39 is 0 Å². The van der Waals surface area contributed by atoms with Crippen LogP contribution in [-0.2, 0) is 0 Å². The van der Waals surface area contributed by atoms with Crippen molar-refractivity contribution in [1.82, 2.24) is 4.90 Å². The second-order valence-corrected chi connectivity index (χ2v) is 5.27. The van der Waals surface area contributed by atoms with Gasteiger partial charge in [-0.1, -0.05) is 11.7 Å². The van der Waals surface area contributed by atoms with E-state index in [1.165, 1.54) is 0 Å². The number of amides is 1. The Morgan fingerprint density at radius 1 is 1.73 bits per heavy atom. The Labute approximate surface area is 78.1 Å². The second kappa shape index (κ2) is 4.49. The van der Waals surface area contributed by atoms with E-state index in [9.17, 15) is 4.79 Å². The SMILES string of the molecule is O=C(SSS)N1CCC(O)C1. The molecule has 1 amide bonds. The van der Waals surface area contributed by atoms with Crippen LogP contribution >= 0.6 is 32.3 Å². The zero-order chi connectivity index (χ0) is 8.27. The molecule has 0 aromatic carbocycles. The summed E-state index contributed by atoms with van der Waals surface area (Å²) < 4.78 is 0. The highest BCUT2D eigenvalue weighted by molar-refractivity contribution is 9.08. The molecule has 0 spiro atoms. The zero-order valence-electron chi connectivity index (χ0n) is 5.77. The maximum absolute atomic E-state index is 11.1. The first kappa shape index (κ1) is 9.57. The van der Waals surface area contributed by atoms with Gasteiger partial charge < -0.3 is 10.0 Å². The monoisotopic (exact) mass is 211 g/mol. The van der Waals surface area contributed by atoms with Crippen LogP contribution in [0.15, 0.2) is 0 Å². The number of aliphatic hydroxyl groups is 1. The van der Waals surface area contributed by atoms with E-state index in [1.807, 2.05) is 0 Å². The molecule has 1 aliphatic rings. The Bertz CT molecular complexity index is 155. The molecule has 64 valence electrons. The van der Waals surface area contributed by atoms with Crippen molar-refractivity contribution in [2.45, 2.75) is 12.5 Å². The minimum Gasteiger partial charge on any atom is -0.391 e. The number of rotatable bonds is 1. The molecule has 11 heavy (non-hydrogen) atoms. The lowest BCUT2D eigenvalue weighted by Gasteiger charge is -2.12. The average Bonchev–Trinajstić information content (AvgIpc) is 2.36. The predicted molar refractivity (Wildman–Crippen MR) is 51.8 cm³/mol. The number of likely N-dealkylation sites (tertiary alicyclic amines) is 1. The molecule has 0 aromatic rings. The third-order valence-electron chi connectivity index (χ3n) is 1.53. The third-order valence-corrected chi connectivity index (χ3v) is 3.33. The maximum Gasteiger partial charge on any atom is 0.293 e. The summed E-state index contributed by atoms with van der Waals surface area (Å²) in [5, 5.41) is 9.08. The predicted octanol–water partition coefficient (Wildman–Crippen LogP) is 1.40. The highest BCUT2D eigenvalue weighted by Gasteiger charge is 2.24. The first-order valence-electron chi connectivity index (χ1n) is 3.19. The van der Waals surface area contributed by atoms with Crippen molar-refractivity contribution in [2.75, 3.05) is 13.1 Å². The minimum atomic E-state index is -0.329. The van der Waals surface area contributed by atoms with Gasteiger partial charge in [0.25, 0.3) is 5.24 Å². The van der Waals surface area contributed by atoms with Gasteiger partial charge in [-0.3, -0.25) is 4.79 Å². The van der Waals surface area contributed by atoms with Crippen LogP contribution in [0.3, 0.4) is 0 Å². The van der Waals surface area contributed by atoms with Crippen molar-refractivity contribution >= 4 is 37.5 Å². The Hall–Kier alpha value is 0.480. The fraction of sp³-hybridized carbons (Fsp3) is 0.800. The number of thiol groups is 1. The van der Waals surface area contributed by atoms with Crippen LogP contribution < -0.4 is 0 Å². The molecule has 1 aliphatic heterocycles. The van der Waals surface area contributed by atoms with Gasteiger partial charge >= 0.3 is 0 Å². The Morgan fingerprint density at radius 3 is 2.91 bits per heavy atom. The molecule has 0 radical (unpaired) electrons. The fourth-order valence-electron chi connectivity index (χ4n) is 0.992. The summed E-state index contributed by atoms with van der Waals surface area (Å²) >= 11 is 3.84. The number of nitrogens with zero attached hydrogens (tertiary/aromatic N) is 1. The van der Waals surface area contributed by atoms with Gasteiger partial charge in [-0.25, -0.2) is 0 Å². The van der Waals surface area contributed by atoms with Crippen molar-refractivity contribution in [3.8, 4) is 0 Å². The minimum absolute atomic E-state index is 0.0125. The van der Waals surface area contributed by atoms with Gasteiger partial charge in [0, 0.05) is 23.9 Å². The van der Waals surface area contributed by atoms with E-state index >= 15 is 0 Å². The van der Waals surface area contributed by atoms with Crippen LogP contribution in [0.5, 0.6) is 0 Å². The molecular formula is C5H9NO2S3. The first-order chi connectivity index (χ1) is 5.24. The van der Waals surface area contributed by atoms with Crippen LogP contribution in [0.2, 0.25) is 0 Å². The van der Waals surface area contributed by atoms with Gasteiger partial charge in [-0.05, 0) is 16.2 Å². The molecule has 1 fully saturated rings. The number of hydrogen-bond donors (Lipinski definition) is 2. The highest BCUT2D eigenvalue weighted by Crippen LogP contribution is 2.29. The lowest BCUT2D eigenvalue weighted by atomic mass is 10.3. The van der Waals surface area contributed by atoms with Crippen LogP contribution in [0.1, 0.15) is 6.42 Å². The molecule has 3 nitrogen and oxygen atoms in total. The quantitative estimate of drug-likeness (QED) is 0.508. The summed E-state index contributed by atoms with van der Waals surface area (Å²) in [7, 11) is 2.22. The molecule has 1 N–H and O–H groups in total. The van der Waals surface area contributed by atoms with Gasteiger partial charge in [0.05, 0.1) is 6.10 Å². The summed E-state index contributed by atoms with van der Waals surface area (Å²) in [4.78, 5) is 12.7. The number of β-amino-alcohol motifs (C(OH)–C–C–N with tert-alkyl or cyclic N) is 1. The topological polar surface area (TPSA) is 40.5 Å². The molecule has 0 bridgehead atoms. The Morgan fingerprint density at radius 2 is 2.45 bits per heavy atom. The summed E-state index contributed by atoms with van der Waals surface area (Å²) in [6.07, 6.45) is 0.369. The van der Waals surface area contributed by atoms with E-state index in [1.54, 1.807) is 4.90 Å². The molecule has 1 atom stereocenters. The zero-order valence-corrected chi connectivity index (χ0v) is 8.29. The van der Waals surface area contributed by atoms with Crippen molar-refractivity contribution in [2.24, 2.45) is 0 Å². The number of carbonyl (C=O) groups is 1. The Balaban J connectivity index is 2.31. The molecule has 6 heteroatoms. The number of carbonyl (C=O) groups excluding carboxylic acids is 1. The summed E-state index contributed by atoms with van der Waals surface area (Å²) in [5.41, 5.74) is 0. The van der Waals surface area contributed by atoms with Crippen molar-refractivity contribution in [3.63, 3.8) is 0 Å². The van der Waals surface area contributed by atoms with Gasteiger partial charge in [0.15, 0.2) is 0 Å². The molecule has 0 saturated carbocycles. The van der Waals surface area contributed by atoms with Crippen molar-refractivity contribution in [1.29, 1.82) is 0 Å². The van der Waals surface area contributed by atoms with Crippen LogP contribution in [-0.4, -0.2) is 34.4 Å². The Kier molecular flexibility index (Phi) is 3.91. The summed E-state index contributed by atoms with van der Waals surface area (Å²) in [6.45, 7) is 1.14. The number of aliphatic hydroxyl groups excluding tert-OH is 1. The molecule has 0 aromatic heterocycles.